The van der Waals surface area contributed by atoms with E-state index in [0.717, 1.165) is 4.57 Å². The van der Waals surface area contributed by atoms with E-state index in [1.54, 1.807) is 19.2 Å². The first kappa shape index (κ1) is 13.7. The average molecular weight is 276 g/mol. The lowest BCUT2D eigenvalue weighted by atomic mass is 10.2. The second-order valence-electron chi connectivity index (χ2n) is 4.18. The Balaban J connectivity index is 2.24. The quantitative estimate of drug-likeness (QED) is 0.662. The van der Waals surface area contributed by atoms with Crippen LogP contribution in [0.4, 0.5) is 10.2 Å². The third-order valence-corrected chi connectivity index (χ3v) is 2.73. The van der Waals surface area contributed by atoms with Crippen LogP contribution in [0.5, 0.6) is 0 Å². The fraction of sp³-hybridized carbons (Fsp3) is 0.154. The van der Waals surface area contributed by atoms with Crippen molar-refractivity contribution in [2.75, 3.05) is 12.1 Å². The van der Waals surface area contributed by atoms with Crippen molar-refractivity contribution in [3.05, 3.63) is 62.6 Å². The first-order valence-corrected chi connectivity index (χ1v) is 5.81. The third-order valence-electron chi connectivity index (χ3n) is 2.73. The standard InChI is InChI=1S/C13H13FN4O2/c1-17-12(19)7-11(16-13(17)20)18(2)15-8-9-3-5-10(14)6-4-9/h3-8H,1-2H3,(H,16,20)/b15-8+. The lowest BCUT2D eigenvalue weighted by Crippen LogP contribution is -2.33. The van der Waals surface area contributed by atoms with Crippen LogP contribution in [0, 0.1) is 5.82 Å². The molecular formula is C13H13FN4O2. The Hall–Kier alpha value is -2.70. The SMILES string of the molecule is CN(/N=C/c1ccc(F)cc1)c1cc(=O)n(C)c(=O)[nH]1. The highest BCUT2D eigenvalue weighted by Gasteiger charge is 2.03. The first-order valence-electron chi connectivity index (χ1n) is 5.81. The molecule has 0 radical (unpaired) electrons. The predicted molar refractivity (Wildman–Crippen MR) is 74.7 cm³/mol. The fourth-order valence-corrected chi connectivity index (χ4v) is 1.48. The maximum Gasteiger partial charge on any atom is 0.329 e. The van der Waals surface area contributed by atoms with Crippen LogP contribution in [0.2, 0.25) is 0 Å². The van der Waals surface area contributed by atoms with Gasteiger partial charge in [0.05, 0.1) is 6.21 Å². The van der Waals surface area contributed by atoms with Crippen LogP contribution in [0.15, 0.2) is 45.0 Å². The summed E-state index contributed by atoms with van der Waals surface area (Å²) in [6, 6.07) is 7.05. The smallest absolute Gasteiger partial charge is 0.292 e. The molecule has 0 aliphatic rings. The number of nitrogens with one attached hydrogen (secondary N) is 1. The monoisotopic (exact) mass is 276 g/mol. The molecular weight excluding hydrogens is 263 g/mol. The van der Waals surface area contributed by atoms with Crippen molar-refractivity contribution >= 4 is 12.0 Å². The minimum absolute atomic E-state index is 0.275. The zero-order valence-corrected chi connectivity index (χ0v) is 11.0. The van der Waals surface area contributed by atoms with Gasteiger partial charge in [0.2, 0.25) is 0 Å². The number of rotatable bonds is 3. The topological polar surface area (TPSA) is 70.5 Å². The molecule has 0 saturated carbocycles. The summed E-state index contributed by atoms with van der Waals surface area (Å²) in [6.45, 7) is 0. The van der Waals surface area contributed by atoms with Gasteiger partial charge in [-0.25, -0.2) is 9.18 Å². The number of anilines is 1. The summed E-state index contributed by atoms with van der Waals surface area (Å²) in [5, 5.41) is 5.43. The second kappa shape index (κ2) is 5.52. The van der Waals surface area contributed by atoms with Crippen molar-refractivity contribution in [2.24, 2.45) is 12.1 Å². The molecule has 0 bridgehead atoms. The van der Waals surface area contributed by atoms with Crippen molar-refractivity contribution < 1.29 is 4.39 Å². The Morgan fingerprint density at radius 3 is 2.55 bits per heavy atom. The number of benzene rings is 1. The highest BCUT2D eigenvalue weighted by atomic mass is 19.1. The van der Waals surface area contributed by atoms with E-state index < -0.39 is 11.2 Å². The highest BCUT2D eigenvalue weighted by Crippen LogP contribution is 2.04. The molecule has 1 aromatic carbocycles. The summed E-state index contributed by atoms with van der Waals surface area (Å²) < 4.78 is 13.7. The van der Waals surface area contributed by atoms with Crippen molar-refractivity contribution in [1.82, 2.24) is 9.55 Å². The maximum absolute atomic E-state index is 12.7. The Labute approximate surface area is 113 Å². The molecule has 20 heavy (non-hydrogen) atoms. The molecule has 1 N–H and O–H groups in total. The maximum atomic E-state index is 12.7. The van der Waals surface area contributed by atoms with Gasteiger partial charge in [0.25, 0.3) is 5.56 Å². The summed E-state index contributed by atoms with van der Waals surface area (Å²) >= 11 is 0. The first-order chi connectivity index (χ1) is 9.47. The van der Waals surface area contributed by atoms with Crippen LogP contribution < -0.4 is 16.3 Å². The van der Waals surface area contributed by atoms with Crippen LogP contribution >= 0.6 is 0 Å². The van der Waals surface area contributed by atoms with Crippen molar-refractivity contribution in [2.45, 2.75) is 0 Å². The van der Waals surface area contributed by atoms with Gasteiger partial charge in [0, 0.05) is 20.2 Å². The van der Waals surface area contributed by atoms with E-state index in [-0.39, 0.29) is 11.6 Å². The molecule has 0 aliphatic carbocycles. The van der Waals surface area contributed by atoms with E-state index in [1.165, 1.54) is 36.5 Å². The highest BCUT2D eigenvalue weighted by molar-refractivity contribution is 5.80. The van der Waals surface area contributed by atoms with Crippen molar-refractivity contribution in [1.29, 1.82) is 0 Å². The van der Waals surface area contributed by atoms with Crippen molar-refractivity contribution in [3.8, 4) is 0 Å². The molecule has 0 aliphatic heterocycles. The normalized spacial score (nSPS) is 10.9. The van der Waals surface area contributed by atoms with Gasteiger partial charge >= 0.3 is 5.69 Å². The van der Waals surface area contributed by atoms with Crippen LogP contribution in [-0.2, 0) is 7.05 Å². The molecule has 0 unspecified atom stereocenters. The van der Waals surface area contributed by atoms with E-state index in [4.69, 9.17) is 0 Å². The van der Waals surface area contributed by atoms with Gasteiger partial charge in [-0.15, -0.1) is 0 Å². The lowest BCUT2D eigenvalue weighted by Gasteiger charge is -2.12. The minimum Gasteiger partial charge on any atom is -0.292 e. The molecule has 0 amide bonds. The van der Waals surface area contributed by atoms with Gasteiger partial charge in [-0.05, 0) is 17.7 Å². The molecule has 2 rings (SSSR count). The van der Waals surface area contributed by atoms with Crippen LogP contribution in [0.3, 0.4) is 0 Å². The summed E-state index contributed by atoms with van der Waals surface area (Å²) in [5.74, 6) is -0.0529. The Bertz CT molecular complexity index is 715. The van der Waals surface area contributed by atoms with Gasteiger partial charge in [0.15, 0.2) is 0 Å². The molecule has 1 heterocycles. The minimum atomic E-state index is -0.517. The molecule has 1 aromatic heterocycles. The molecule has 6 nitrogen and oxygen atoms in total. The summed E-state index contributed by atoms with van der Waals surface area (Å²) in [6.07, 6.45) is 1.50. The number of halogens is 1. The van der Waals surface area contributed by atoms with E-state index in [0.29, 0.717) is 5.56 Å². The fourth-order valence-electron chi connectivity index (χ4n) is 1.48. The Kier molecular flexibility index (Phi) is 3.79. The van der Waals surface area contributed by atoms with E-state index in [1.807, 2.05) is 0 Å². The number of nitrogens with zero attached hydrogens (tertiary/aromatic N) is 3. The molecule has 0 fully saturated rings. The summed E-state index contributed by atoms with van der Waals surface area (Å²) in [4.78, 5) is 25.5. The molecule has 0 atom stereocenters. The van der Waals surface area contributed by atoms with Gasteiger partial charge in [-0.3, -0.25) is 19.4 Å². The van der Waals surface area contributed by atoms with Crippen LogP contribution in [-0.4, -0.2) is 22.8 Å². The zero-order valence-electron chi connectivity index (χ0n) is 11.0. The number of hydrogen-bond donors (Lipinski definition) is 1. The van der Waals surface area contributed by atoms with E-state index in [9.17, 15) is 14.0 Å². The van der Waals surface area contributed by atoms with Gasteiger partial charge < -0.3 is 0 Å². The third kappa shape index (κ3) is 3.00. The van der Waals surface area contributed by atoms with E-state index in [2.05, 4.69) is 10.1 Å². The van der Waals surface area contributed by atoms with Gasteiger partial charge in [-0.2, -0.15) is 5.10 Å². The average Bonchev–Trinajstić information content (AvgIpc) is 2.43. The van der Waals surface area contributed by atoms with Crippen molar-refractivity contribution in [3.63, 3.8) is 0 Å². The zero-order chi connectivity index (χ0) is 14.7. The lowest BCUT2D eigenvalue weighted by molar-refractivity contribution is 0.628. The Morgan fingerprint density at radius 2 is 1.95 bits per heavy atom. The number of aromatic nitrogens is 2. The van der Waals surface area contributed by atoms with E-state index >= 15 is 0 Å². The Morgan fingerprint density at radius 1 is 1.30 bits per heavy atom. The molecule has 104 valence electrons. The second-order valence-corrected chi connectivity index (χ2v) is 4.18. The summed E-state index contributed by atoms with van der Waals surface area (Å²) in [7, 11) is 2.97. The largest absolute Gasteiger partial charge is 0.329 e. The number of H-pyrrole nitrogens is 1. The predicted octanol–water partition coefficient (Wildman–Crippen LogP) is 0.683. The number of hydrogen-bond acceptors (Lipinski definition) is 4. The van der Waals surface area contributed by atoms with Gasteiger partial charge in [0.1, 0.15) is 11.6 Å². The number of aromatic amines is 1. The number of hydrazone groups is 1. The molecule has 2 aromatic rings. The molecule has 7 heteroatoms. The molecule has 0 saturated heterocycles. The van der Waals surface area contributed by atoms with Crippen LogP contribution in [0.1, 0.15) is 5.56 Å². The van der Waals surface area contributed by atoms with Gasteiger partial charge in [-0.1, -0.05) is 12.1 Å². The van der Waals surface area contributed by atoms with Crippen LogP contribution in [0.25, 0.3) is 0 Å². The molecule has 0 spiro atoms. The summed E-state index contributed by atoms with van der Waals surface area (Å²) in [5.41, 5.74) is -0.242.